The number of rotatable bonds is 5. The van der Waals surface area contributed by atoms with Crippen LogP contribution in [-0.4, -0.2) is 32.0 Å². The van der Waals surface area contributed by atoms with Crippen molar-refractivity contribution in [1.82, 2.24) is 0 Å². The van der Waals surface area contributed by atoms with Crippen LogP contribution < -0.4 is 9.47 Å². The Labute approximate surface area is 116 Å². The SMILES string of the molecule is COc1ccc(C(O)C(C)(C)OC)c(OC)c1Br. The summed E-state index contributed by atoms with van der Waals surface area (Å²) in [6.45, 7) is 3.63. The number of benzene rings is 1. The molecule has 4 nitrogen and oxygen atoms in total. The Morgan fingerprint density at radius 1 is 1.17 bits per heavy atom. The molecule has 0 aliphatic rings. The number of hydrogen-bond acceptors (Lipinski definition) is 4. The summed E-state index contributed by atoms with van der Waals surface area (Å²) < 4.78 is 16.5. The standard InChI is InChI=1S/C13H19BrO4/c1-13(2,18-5)12(15)8-6-7-9(16-3)10(14)11(8)17-4/h6-7,12,15H,1-5H3. The number of ether oxygens (including phenoxy) is 3. The first-order valence-electron chi connectivity index (χ1n) is 5.52. The zero-order chi connectivity index (χ0) is 13.9. The number of aliphatic hydroxyl groups excluding tert-OH is 1. The monoisotopic (exact) mass is 318 g/mol. The third-order valence-electron chi connectivity index (χ3n) is 3.00. The van der Waals surface area contributed by atoms with E-state index in [2.05, 4.69) is 15.9 Å². The molecule has 0 aromatic heterocycles. The highest BCUT2D eigenvalue weighted by Gasteiger charge is 2.32. The van der Waals surface area contributed by atoms with E-state index in [4.69, 9.17) is 14.2 Å². The van der Waals surface area contributed by atoms with Crippen LogP contribution in [-0.2, 0) is 4.74 Å². The van der Waals surface area contributed by atoms with Crippen molar-refractivity contribution in [3.63, 3.8) is 0 Å². The number of halogens is 1. The van der Waals surface area contributed by atoms with E-state index in [1.807, 2.05) is 13.8 Å². The van der Waals surface area contributed by atoms with Crippen molar-refractivity contribution in [2.24, 2.45) is 0 Å². The summed E-state index contributed by atoms with van der Waals surface area (Å²) in [6, 6.07) is 3.55. The van der Waals surface area contributed by atoms with Gasteiger partial charge in [-0.25, -0.2) is 0 Å². The number of aliphatic hydroxyl groups is 1. The smallest absolute Gasteiger partial charge is 0.142 e. The Morgan fingerprint density at radius 3 is 2.22 bits per heavy atom. The number of methoxy groups -OCH3 is 3. The topological polar surface area (TPSA) is 47.9 Å². The first kappa shape index (κ1) is 15.3. The molecule has 102 valence electrons. The van der Waals surface area contributed by atoms with Gasteiger partial charge in [-0.1, -0.05) is 0 Å². The molecule has 0 saturated carbocycles. The zero-order valence-electron chi connectivity index (χ0n) is 11.3. The fourth-order valence-electron chi connectivity index (χ4n) is 1.62. The van der Waals surface area contributed by atoms with Gasteiger partial charge in [0.1, 0.15) is 22.1 Å². The summed E-state index contributed by atoms with van der Waals surface area (Å²) in [7, 11) is 4.69. The molecule has 0 spiro atoms. The normalized spacial score (nSPS) is 13.3. The predicted octanol–water partition coefficient (Wildman–Crippen LogP) is 2.92. The van der Waals surface area contributed by atoms with Crippen LogP contribution in [0.25, 0.3) is 0 Å². The Hall–Kier alpha value is -0.780. The van der Waals surface area contributed by atoms with Crippen molar-refractivity contribution >= 4 is 15.9 Å². The van der Waals surface area contributed by atoms with Gasteiger partial charge in [-0.15, -0.1) is 0 Å². The molecule has 0 heterocycles. The van der Waals surface area contributed by atoms with Gasteiger partial charge in [-0.2, -0.15) is 0 Å². The molecule has 1 aromatic rings. The molecular formula is C13H19BrO4. The van der Waals surface area contributed by atoms with Crippen LogP contribution in [0.3, 0.4) is 0 Å². The lowest BCUT2D eigenvalue weighted by Crippen LogP contribution is -2.31. The molecule has 0 saturated heterocycles. The Balaban J connectivity index is 3.29. The average Bonchev–Trinajstić information content (AvgIpc) is 2.37. The van der Waals surface area contributed by atoms with Crippen LogP contribution >= 0.6 is 15.9 Å². The average molecular weight is 319 g/mol. The van der Waals surface area contributed by atoms with E-state index < -0.39 is 11.7 Å². The minimum Gasteiger partial charge on any atom is -0.495 e. The van der Waals surface area contributed by atoms with Gasteiger partial charge in [-0.3, -0.25) is 0 Å². The lowest BCUT2D eigenvalue weighted by atomic mass is 9.94. The molecular weight excluding hydrogens is 300 g/mol. The minimum absolute atomic E-state index is 0.548. The second-order valence-electron chi connectivity index (χ2n) is 4.41. The van der Waals surface area contributed by atoms with Crippen molar-refractivity contribution in [2.45, 2.75) is 25.6 Å². The van der Waals surface area contributed by atoms with Gasteiger partial charge < -0.3 is 19.3 Å². The molecule has 0 radical (unpaired) electrons. The first-order chi connectivity index (χ1) is 8.38. The highest BCUT2D eigenvalue weighted by molar-refractivity contribution is 9.10. The van der Waals surface area contributed by atoms with Gasteiger partial charge in [0.2, 0.25) is 0 Å². The lowest BCUT2D eigenvalue weighted by Gasteiger charge is -2.30. The summed E-state index contributed by atoms with van der Waals surface area (Å²) >= 11 is 3.41. The van der Waals surface area contributed by atoms with Crippen molar-refractivity contribution in [3.05, 3.63) is 22.2 Å². The molecule has 0 bridgehead atoms. The number of hydrogen-bond donors (Lipinski definition) is 1. The van der Waals surface area contributed by atoms with Crippen molar-refractivity contribution in [2.75, 3.05) is 21.3 Å². The van der Waals surface area contributed by atoms with E-state index in [-0.39, 0.29) is 0 Å². The molecule has 1 atom stereocenters. The van der Waals surface area contributed by atoms with Crippen molar-refractivity contribution in [3.8, 4) is 11.5 Å². The summed E-state index contributed by atoms with van der Waals surface area (Å²) in [5.74, 6) is 1.20. The quantitative estimate of drug-likeness (QED) is 0.906. The molecule has 1 N–H and O–H groups in total. The molecule has 0 aliphatic carbocycles. The van der Waals surface area contributed by atoms with E-state index in [9.17, 15) is 5.11 Å². The Morgan fingerprint density at radius 2 is 1.78 bits per heavy atom. The Bertz CT molecular complexity index is 418. The van der Waals surface area contributed by atoms with Crippen molar-refractivity contribution < 1.29 is 19.3 Å². The third-order valence-corrected chi connectivity index (χ3v) is 3.75. The highest BCUT2D eigenvalue weighted by atomic mass is 79.9. The summed E-state index contributed by atoms with van der Waals surface area (Å²) in [4.78, 5) is 0. The second kappa shape index (κ2) is 5.91. The van der Waals surface area contributed by atoms with Crippen LogP contribution in [0.15, 0.2) is 16.6 Å². The minimum atomic E-state index is -0.806. The van der Waals surface area contributed by atoms with E-state index in [0.29, 0.717) is 21.5 Å². The largest absolute Gasteiger partial charge is 0.495 e. The highest BCUT2D eigenvalue weighted by Crippen LogP contribution is 2.42. The van der Waals surface area contributed by atoms with Gasteiger partial charge >= 0.3 is 0 Å². The molecule has 0 amide bonds. The van der Waals surface area contributed by atoms with Gasteiger partial charge in [0.15, 0.2) is 0 Å². The fraction of sp³-hybridized carbons (Fsp3) is 0.538. The molecule has 1 aromatic carbocycles. The van der Waals surface area contributed by atoms with Crippen LogP contribution in [0.2, 0.25) is 0 Å². The third kappa shape index (κ3) is 2.79. The van der Waals surface area contributed by atoms with Gasteiger partial charge in [-0.05, 0) is 41.9 Å². The van der Waals surface area contributed by atoms with E-state index in [1.165, 1.54) is 0 Å². The van der Waals surface area contributed by atoms with E-state index in [1.54, 1.807) is 33.5 Å². The molecule has 0 aliphatic heterocycles. The van der Waals surface area contributed by atoms with Crippen LogP contribution in [0.1, 0.15) is 25.5 Å². The molecule has 1 rings (SSSR count). The predicted molar refractivity (Wildman–Crippen MR) is 73.3 cm³/mol. The maximum atomic E-state index is 10.4. The fourth-order valence-corrected chi connectivity index (χ4v) is 2.30. The molecule has 1 unspecified atom stereocenters. The summed E-state index contributed by atoms with van der Waals surface area (Å²) in [5.41, 5.74) is -0.0570. The molecule has 0 fully saturated rings. The van der Waals surface area contributed by atoms with Crippen LogP contribution in [0, 0.1) is 0 Å². The van der Waals surface area contributed by atoms with Gasteiger partial charge in [0.05, 0.1) is 19.8 Å². The van der Waals surface area contributed by atoms with E-state index >= 15 is 0 Å². The lowest BCUT2D eigenvalue weighted by molar-refractivity contribution is -0.0800. The van der Waals surface area contributed by atoms with Crippen LogP contribution in [0.5, 0.6) is 11.5 Å². The maximum Gasteiger partial charge on any atom is 0.142 e. The second-order valence-corrected chi connectivity index (χ2v) is 5.21. The zero-order valence-corrected chi connectivity index (χ0v) is 12.9. The first-order valence-corrected chi connectivity index (χ1v) is 6.32. The summed E-state index contributed by atoms with van der Waals surface area (Å²) in [5, 5.41) is 10.4. The maximum absolute atomic E-state index is 10.4. The van der Waals surface area contributed by atoms with Crippen LogP contribution in [0.4, 0.5) is 0 Å². The van der Waals surface area contributed by atoms with Gasteiger partial charge in [0, 0.05) is 12.7 Å². The van der Waals surface area contributed by atoms with Gasteiger partial charge in [0.25, 0.3) is 0 Å². The Kier molecular flexibility index (Phi) is 5.01. The van der Waals surface area contributed by atoms with Crippen molar-refractivity contribution in [1.29, 1.82) is 0 Å². The molecule has 5 heteroatoms. The summed E-state index contributed by atoms with van der Waals surface area (Å²) in [6.07, 6.45) is -0.806. The van der Waals surface area contributed by atoms with E-state index in [0.717, 1.165) is 0 Å². The molecule has 18 heavy (non-hydrogen) atoms.